The van der Waals surface area contributed by atoms with E-state index in [1.807, 2.05) is 0 Å². The van der Waals surface area contributed by atoms with Crippen LogP contribution >= 0.6 is 12.6 Å². The molecule has 0 aliphatic rings. The van der Waals surface area contributed by atoms with Crippen molar-refractivity contribution in [3.05, 3.63) is 0 Å². The smallest absolute Gasteiger partial charge is 0.199 e. The van der Waals surface area contributed by atoms with Gasteiger partial charge in [-0.1, -0.05) is 0 Å². The average Bonchev–Trinajstić information content (AvgIpc) is 1.63. The summed E-state index contributed by atoms with van der Waals surface area (Å²) < 4.78 is 0. The van der Waals surface area contributed by atoms with E-state index in [2.05, 4.69) is 12.6 Å². The Labute approximate surface area is 60.1 Å². The van der Waals surface area contributed by atoms with E-state index in [1.54, 1.807) is 11.9 Å². The third-order valence-electron chi connectivity index (χ3n) is 0.887. The van der Waals surface area contributed by atoms with Gasteiger partial charge < -0.3 is 5.11 Å². The second-order valence-corrected chi connectivity index (χ2v) is 2.35. The molecular weight excluding hydrogens is 138 g/mol. The van der Waals surface area contributed by atoms with Gasteiger partial charge in [0.1, 0.15) is 0 Å². The summed E-state index contributed by atoms with van der Waals surface area (Å²) in [6.45, 7) is 0.896. The largest absolute Gasteiger partial charge is 0.395 e. The number of aliphatic hydroxyl groups is 1. The molecule has 0 aliphatic carbocycles. The quantitative estimate of drug-likeness (QED) is 0.523. The van der Waals surface area contributed by atoms with Crippen molar-refractivity contribution in [3.63, 3.8) is 0 Å². The molecule has 1 N–H and O–H groups in total. The van der Waals surface area contributed by atoms with E-state index in [4.69, 9.17) is 5.11 Å². The van der Waals surface area contributed by atoms with Gasteiger partial charge in [-0.2, -0.15) is 0 Å². The summed E-state index contributed by atoms with van der Waals surface area (Å²) in [5.74, 6) is 0. The van der Waals surface area contributed by atoms with Gasteiger partial charge in [-0.15, -0.1) is 12.6 Å². The molecule has 0 bridgehead atoms. The number of aliphatic hydroxyl groups excluding tert-OH is 1. The van der Waals surface area contributed by atoms with E-state index in [9.17, 15) is 4.79 Å². The highest BCUT2D eigenvalue weighted by molar-refractivity contribution is 7.96. The minimum absolute atomic E-state index is 0.0809. The number of carbonyl (C=O) groups is 1. The monoisotopic (exact) mass is 149 g/mol. The van der Waals surface area contributed by atoms with Crippen molar-refractivity contribution in [1.82, 2.24) is 4.90 Å². The topological polar surface area (TPSA) is 40.5 Å². The molecule has 0 aromatic rings. The molecule has 0 aliphatic heterocycles. The molecular formula is C5H11NO2S. The zero-order valence-electron chi connectivity index (χ0n) is 5.37. The lowest BCUT2D eigenvalue weighted by Crippen LogP contribution is -2.26. The number of hydrogen-bond donors (Lipinski definition) is 2. The van der Waals surface area contributed by atoms with Crippen molar-refractivity contribution in [2.45, 2.75) is 0 Å². The average molecular weight is 149 g/mol. The Morgan fingerprint density at radius 2 is 2.33 bits per heavy atom. The van der Waals surface area contributed by atoms with Gasteiger partial charge in [0.25, 0.3) is 0 Å². The Morgan fingerprint density at radius 3 is 2.67 bits per heavy atom. The van der Waals surface area contributed by atoms with Crippen LogP contribution in [-0.4, -0.2) is 41.9 Å². The highest BCUT2D eigenvalue weighted by Crippen LogP contribution is 1.84. The molecule has 54 valence electrons. The number of carbonyl (C=O) groups excluding carboxylic acids is 1. The van der Waals surface area contributed by atoms with Crippen LogP contribution in [0, 0.1) is 0 Å². The molecule has 0 rings (SSSR count). The van der Waals surface area contributed by atoms with Crippen LogP contribution in [0.15, 0.2) is 0 Å². The van der Waals surface area contributed by atoms with Crippen molar-refractivity contribution in [3.8, 4) is 0 Å². The Hall–Kier alpha value is -0.0600. The molecule has 0 saturated heterocycles. The van der Waals surface area contributed by atoms with E-state index in [-0.39, 0.29) is 11.7 Å². The summed E-state index contributed by atoms with van der Waals surface area (Å²) >= 11 is 3.57. The van der Waals surface area contributed by atoms with Crippen molar-refractivity contribution in [1.29, 1.82) is 0 Å². The minimum atomic E-state index is -0.175. The number of rotatable bonds is 4. The van der Waals surface area contributed by atoms with Crippen molar-refractivity contribution < 1.29 is 9.90 Å². The van der Waals surface area contributed by atoms with Crippen LogP contribution in [0.25, 0.3) is 0 Å². The maximum atomic E-state index is 10.3. The summed E-state index contributed by atoms with van der Waals surface area (Å²) in [4.78, 5) is 12.0. The third kappa shape index (κ3) is 5.82. The molecule has 0 unspecified atom stereocenters. The molecule has 0 atom stereocenters. The summed E-state index contributed by atoms with van der Waals surface area (Å²) in [7, 11) is 1.75. The van der Waals surface area contributed by atoms with Crippen LogP contribution in [0.1, 0.15) is 0 Å². The summed E-state index contributed by atoms with van der Waals surface area (Å²) in [5.41, 5.74) is 0. The zero-order valence-corrected chi connectivity index (χ0v) is 6.27. The first-order valence-electron chi connectivity index (χ1n) is 2.68. The third-order valence-corrected chi connectivity index (χ3v) is 1.03. The fourth-order valence-corrected chi connectivity index (χ4v) is 0.722. The lowest BCUT2D eigenvalue weighted by molar-refractivity contribution is -0.111. The minimum Gasteiger partial charge on any atom is -0.395 e. The Balaban J connectivity index is 3.26. The van der Waals surface area contributed by atoms with Gasteiger partial charge >= 0.3 is 0 Å². The Bertz CT molecular complexity index is 97.0. The summed E-state index contributed by atoms with van der Waals surface area (Å²) in [6.07, 6.45) is 0. The molecule has 0 aromatic carbocycles. The molecule has 9 heavy (non-hydrogen) atoms. The number of thiol groups is 1. The maximum Gasteiger partial charge on any atom is 0.199 e. The van der Waals surface area contributed by atoms with Crippen molar-refractivity contribution in [2.75, 3.05) is 26.7 Å². The highest BCUT2D eigenvalue weighted by atomic mass is 32.1. The fourth-order valence-electron chi connectivity index (χ4n) is 0.481. The normalized spacial score (nSPS) is 10.2. The van der Waals surface area contributed by atoms with Gasteiger partial charge in [0.15, 0.2) is 5.12 Å². The van der Waals surface area contributed by atoms with Crippen LogP contribution in [0.4, 0.5) is 0 Å². The SMILES string of the molecule is CN(CCO)CC(=O)S. The van der Waals surface area contributed by atoms with E-state index < -0.39 is 0 Å². The van der Waals surface area contributed by atoms with Gasteiger partial charge in [-0.25, -0.2) is 0 Å². The Morgan fingerprint density at radius 1 is 1.78 bits per heavy atom. The van der Waals surface area contributed by atoms with Crippen LogP contribution in [0.5, 0.6) is 0 Å². The van der Waals surface area contributed by atoms with Crippen LogP contribution < -0.4 is 0 Å². The second kappa shape index (κ2) is 4.78. The molecule has 3 nitrogen and oxygen atoms in total. The second-order valence-electron chi connectivity index (χ2n) is 1.86. The van der Waals surface area contributed by atoms with Gasteiger partial charge in [-0.05, 0) is 7.05 Å². The van der Waals surface area contributed by atoms with Gasteiger partial charge in [0.2, 0.25) is 0 Å². The van der Waals surface area contributed by atoms with Gasteiger partial charge in [0, 0.05) is 6.54 Å². The molecule has 0 aromatic heterocycles. The summed E-state index contributed by atoms with van der Waals surface area (Å²) in [6, 6.07) is 0. The van der Waals surface area contributed by atoms with Crippen LogP contribution in [-0.2, 0) is 4.79 Å². The number of likely N-dealkylation sites (N-methyl/N-ethyl adjacent to an activating group) is 1. The van der Waals surface area contributed by atoms with E-state index in [0.717, 1.165) is 0 Å². The standard InChI is InChI=1S/C5H11NO2S/c1-6(2-3-7)4-5(8)9/h7H,2-4H2,1H3,(H,8,9). The lowest BCUT2D eigenvalue weighted by atomic mass is 10.5. The first kappa shape index (κ1) is 8.94. The molecule has 4 heteroatoms. The first-order valence-corrected chi connectivity index (χ1v) is 3.12. The van der Waals surface area contributed by atoms with Crippen molar-refractivity contribution in [2.24, 2.45) is 0 Å². The van der Waals surface area contributed by atoms with Gasteiger partial charge in [0.05, 0.1) is 13.2 Å². The Kier molecular flexibility index (Phi) is 4.75. The lowest BCUT2D eigenvalue weighted by Gasteiger charge is -2.10. The first-order chi connectivity index (χ1) is 4.16. The number of nitrogens with zero attached hydrogens (tertiary/aromatic N) is 1. The van der Waals surface area contributed by atoms with Crippen LogP contribution in [0.3, 0.4) is 0 Å². The molecule has 0 amide bonds. The van der Waals surface area contributed by atoms with E-state index in [1.165, 1.54) is 0 Å². The summed E-state index contributed by atoms with van der Waals surface area (Å²) in [5, 5.41) is 8.20. The van der Waals surface area contributed by atoms with E-state index in [0.29, 0.717) is 13.1 Å². The molecule has 0 saturated carbocycles. The maximum absolute atomic E-state index is 10.3. The zero-order chi connectivity index (χ0) is 7.28. The van der Waals surface area contributed by atoms with Gasteiger partial charge in [-0.3, -0.25) is 9.69 Å². The molecule has 0 radical (unpaired) electrons. The van der Waals surface area contributed by atoms with E-state index >= 15 is 0 Å². The molecule has 0 fully saturated rings. The van der Waals surface area contributed by atoms with Crippen LogP contribution in [0.2, 0.25) is 0 Å². The fraction of sp³-hybridized carbons (Fsp3) is 0.800. The number of hydrogen-bond acceptors (Lipinski definition) is 3. The predicted octanol–water partition coefficient (Wildman–Crippen LogP) is -0.633. The predicted molar refractivity (Wildman–Crippen MR) is 38.6 cm³/mol. The molecule has 0 heterocycles. The van der Waals surface area contributed by atoms with Crippen molar-refractivity contribution >= 4 is 17.7 Å². The molecule has 0 spiro atoms. The highest BCUT2D eigenvalue weighted by Gasteiger charge is 1.99.